The molecule has 3 rings (SSSR count). The van der Waals surface area contributed by atoms with E-state index in [2.05, 4.69) is 33.5 Å². The van der Waals surface area contributed by atoms with Gasteiger partial charge in [0.15, 0.2) is 5.82 Å². The highest BCUT2D eigenvalue weighted by Crippen LogP contribution is 2.28. The molecule has 0 spiro atoms. The van der Waals surface area contributed by atoms with Crippen LogP contribution < -0.4 is 5.32 Å². The number of nitrogens with zero attached hydrogens (tertiary/aromatic N) is 3. The molecule has 1 aliphatic rings. The average molecular weight is 272 g/mol. The van der Waals surface area contributed by atoms with E-state index in [4.69, 9.17) is 4.52 Å². The fourth-order valence-corrected chi connectivity index (χ4v) is 2.57. The van der Waals surface area contributed by atoms with E-state index < -0.39 is 0 Å². The van der Waals surface area contributed by atoms with Crippen LogP contribution in [0.4, 0.5) is 5.69 Å². The molecule has 1 fully saturated rings. The number of benzene rings is 1. The van der Waals surface area contributed by atoms with Gasteiger partial charge in [-0.1, -0.05) is 17.3 Å². The van der Waals surface area contributed by atoms with Crippen molar-refractivity contribution < 1.29 is 4.52 Å². The van der Waals surface area contributed by atoms with E-state index in [9.17, 15) is 0 Å². The van der Waals surface area contributed by atoms with E-state index in [-0.39, 0.29) is 0 Å². The van der Waals surface area contributed by atoms with Crippen LogP contribution in [0.3, 0.4) is 0 Å². The normalized spacial score (nSPS) is 17.3. The third kappa shape index (κ3) is 2.82. The van der Waals surface area contributed by atoms with Gasteiger partial charge in [0.25, 0.3) is 5.89 Å². The molecule has 2 aromatic rings. The van der Waals surface area contributed by atoms with Crippen molar-refractivity contribution in [3.05, 3.63) is 30.1 Å². The standard InChI is InChI=1S/C15H20N4O/c1-11-16-15(20-18-11)13-5-3-4-6-14(13)17-12-7-9-19(2)10-8-12/h3-6,12,17H,7-10H2,1-2H3. The number of hydrogen-bond acceptors (Lipinski definition) is 5. The first-order chi connectivity index (χ1) is 9.72. The predicted molar refractivity (Wildman–Crippen MR) is 78.6 cm³/mol. The van der Waals surface area contributed by atoms with Gasteiger partial charge in [-0.3, -0.25) is 0 Å². The zero-order chi connectivity index (χ0) is 13.9. The first-order valence-electron chi connectivity index (χ1n) is 7.07. The summed E-state index contributed by atoms with van der Waals surface area (Å²) in [4.78, 5) is 6.69. The van der Waals surface area contributed by atoms with Crippen LogP contribution in [0.15, 0.2) is 28.8 Å². The Hall–Kier alpha value is -1.88. The highest BCUT2D eigenvalue weighted by Gasteiger charge is 2.18. The van der Waals surface area contributed by atoms with Gasteiger partial charge in [-0.05, 0) is 52.0 Å². The zero-order valence-electron chi connectivity index (χ0n) is 12.0. The summed E-state index contributed by atoms with van der Waals surface area (Å²) in [5, 5.41) is 7.49. The van der Waals surface area contributed by atoms with Gasteiger partial charge in [0.2, 0.25) is 0 Å². The van der Waals surface area contributed by atoms with Gasteiger partial charge in [0.1, 0.15) is 0 Å². The zero-order valence-corrected chi connectivity index (χ0v) is 12.0. The maximum atomic E-state index is 5.29. The van der Waals surface area contributed by atoms with Crippen LogP contribution in [-0.2, 0) is 0 Å². The highest BCUT2D eigenvalue weighted by atomic mass is 16.5. The van der Waals surface area contributed by atoms with E-state index in [0.29, 0.717) is 17.8 Å². The summed E-state index contributed by atoms with van der Waals surface area (Å²) >= 11 is 0. The lowest BCUT2D eigenvalue weighted by molar-refractivity contribution is 0.264. The van der Waals surface area contributed by atoms with Crippen LogP contribution in [0.2, 0.25) is 0 Å². The summed E-state index contributed by atoms with van der Waals surface area (Å²) < 4.78 is 5.29. The summed E-state index contributed by atoms with van der Waals surface area (Å²) in [5.41, 5.74) is 2.05. The lowest BCUT2D eigenvalue weighted by Crippen LogP contribution is -2.36. The SMILES string of the molecule is Cc1noc(-c2ccccc2NC2CCN(C)CC2)n1. The summed E-state index contributed by atoms with van der Waals surface area (Å²) in [7, 11) is 2.17. The highest BCUT2D eigenvalue weighted by molar-refractivity contribution is 5.72. The smallest absolute Gasteiger partial charge is 0.260 e. The van der Waals surface area contributed by atoms with Crippen molar-refractivity contribution in [2.45, 2.75) is 25.8 Å². The van der Waals surface area contributed by atoms with Crippen LogP contribution in [0.25, 0.3) is 11.5 Å². The third-order valence-electron chi connectivity index (χ3n) is 3.76. The number of nitrogens with one attached hydrogen (secondary N) is 1. The number of rotatable bonds is 3. The van der Waals surface area contributed by atoms with Crippen LogP contribution in [-0.4, -0.2) is 41.2 Å². The fraction of sp³-hybridized carbons (Fsp3) is 0.467. The maximum absolute atomic E-state index is 5.29. The lowest BCUT2D eigenvalue weighted by atomic mass is 10.0. The summed E-state index contributed by atoms with van der Waals surface area (Å²) in [5.74, 6) is 1.24. The number of aromatic nitrogens is 2. The summed E-state index contributed by atoms with van der Waals surface area (Å²) in [6.45, 7) is 4.11. The molecule has 0 aliphatic carbocycles. The molecule has 106 valence electrons. The topological polar surface area (TPSA) is 54.2 Å². The molecular weight excluding hydrogens is 252 g/mol. The molecular formula is C15H20N4O. The molecule has 5 nitrogen and oxygen atoms in total. The summed E-state index contributed by atoms with van der Waals surface area (Å²) in [6.07, 6.45) is 2.32. The lowest BCUT2D eigenvalue weighted by Gasteiger charge is -2.30. The van der Waals surface area contributed by atoms with E-state index in [1.165, 1.54) is 0 Å². The molecule has 20 heavy (non-hydrogen) atoms. The molecule has 0 saturated carbocycles. The Morgan fingerprint density at radius 3 is 2.70 bits per heavy atom. The van der Waals surface area contributed by atoms with Crippen molar-refractivity contribution in [1.29, 1.82) is 0 Å². The van der Waals surface area contributed by atoms with Gasteiger partial charge in [-0.15, -0.1) is 0 Å². The van der Waals surface area contributed by atoms with E-state index in [1.807, 2.05) is 25.1 Å². The molecule has 0 atom stereocenters. The van der Waals surface area contributed by atoms with Crippen molar-refractivity contribution >= 4 is 5.69 Å². The molecule has 1 saturated heterocycles. The fourth-order valence-electron chi connectivity index (χ4n) is 2.57. The first kappa shape index (κ1) is 13.1. The average Bonchev–Trinajstić information content (AvgIpc) is 2.88. The molecule has 5 heteroatoms. The second-order valence-corrected chi connectivity index (χ2v) is 5.41. The van der Waals surface area contributed by atoms with Gasteiger partial charge < -0.3 is 14.7 Å². The third-order valence-corrected chi connectivity index (χ3v) is 3.76. The molecule has 1 aromatic carbocycles. The number of hydrogen-bond donors (Lipinski definition) is 1. The van der Waals surface area contributed by atoms with E-state index in [1.54, 1.807) is 0 Å². The number of piperidine rings is 1. The minimum atomic E-state index is 0.511. The minimum absolute atomic E-state index is 0.511. The molecule has 1 N–H and O–H groups in total. The van der Waals surface area contributed by atoms with Crippen molar-refractivity contribution in [2.75, 3.05) is 25.5 Å². The van der Waals surface area contributed by atoms with Crippen LogP contribution >= 0.6 is 0 Å². The Morgan fingerprint density at radius 2 is 2.00 bits per heavy atom. The number of aryl methyl sites for hydroxylation is 1. The Bertz CT molecular complexity index is 573. The van der Waals surface area contributed by atoms with Crippen molar-refractivity contribution in [2.24, 2.45) is 0 Å². The van der Waals surface area contributed by atoms with E-state index >= 15 is 0 Å². The summed E-state index contributed by atoms with van der Waals surface area (Å²) in [6, 6.07) is 8.63. The molecule has 1 aromatic heterocycles. The molecule has 0 unspecified atom stereocenters. The molecule has 0 bridgehead atoms. The Kier molecular flexibility index (Phi) is 3.69. The Balaban J connectivity index is 1.80. The molecule has 0 radical (unpaired) electrons. The van der Waals surface area contributed by atoms with Crippen LogP contribution in [0, 0.1) is 6.92 Å². The minimum Gasteiger partial charge on any atom is -0.382 e. The number of likely N-dealkylation sites (tertiary alicyclic amines) is 1. The predicted octanol–water partition coefficient (Wildman–Crippen LogP) is 2.55. The van der Waals surface area contributed by atoms with Crippen LogP contribution in [0.1, 0.15) is 18.7 Å². The van der Waals surface area contributed by atoms with Crippen molar-refractivity contribution in [3.8, 4) is 11.5 Å². The van der Waals surface area contributed by atoms with Crippen molar-refractivity contribution in [1.82, 2.24) is 15.0 Å². The van der Waals surface area contributed by atoms with Gasteiger partial charge in [0, 0.05) is 11.7 Å². The maximum Gasteiger partial charge on any atom is 0.260 e. The Morgan fingerprint density at radius 1 is 1.25 bits per heavy atom. The monoisotopic (exact) mass is 272 g/mol. The number of para-hydroxylation sites is 1. The largest absolute Gasteiger partial charge is 0.382 e. The molecule has 2 heterocycles. The Labute approximate surface area is 119 Å². The van der Waals surface area contributed by atoms with Gasteiger partial charge in [-0.2, -0.15) is 4.98 Å². The van der Waals surface area contributed by atoms with Gasteiger partial charge in [0.05, 0.1) is 5.56 Å². The van der Waals surface area contributed by atoms with Gasteiger partial charge in [-0.25, -0.2) is 0 Å². The molecule has 1 aliphatic heterocycles. The molecule has 0 amide bonds. The second kappa shape index (κ2) is 5.63. The van der Waals surface area contributed by atoms with E-state index in [0.717, 1.165) is 37.2 Å². The second-order valence-electron chi connectivity index (χ2n) is 5.41. The van der Waals surface area contributed by atoms with Crippen molar-refractivity contribution in [3.63, 3.8) is 0 Å². The first-order valence-corrected chi connectivity index (χ1v) is 7.07. The van der Waals surface area contributed by atoms with Gasteiger partial charge >= 0.3 is 0 Å². The quantitative estimate of drug-likeness (QED) is 0.930. The number of anilines is 1. The van der Waals surface area contributed by atoms with Crippen LogP contribution in [0.5, 0.6) is 0 Å².